The summed E-state index contributed by atoms with van der Waals surface area (Å²) in [5, 5.41) is 1.02. The third-order valence-corrected chi connectivity index (χ3v) is 3.58. The first-order chi connectivity index (χ1) is 10.1. The highest BCUT2D eigenvalue weighted by atomic mass is 16.5. The second-order valence-electron chi connectivity index (χ2n) is 4.67. The van der Waals surface area contributed by atoms with Gasteiger partial charge in [0.05, 0.1) is 20.6 Å². The lowest BCUT2D eigenvalue weighted by atomic mass is 10.1. The van der Waals surface area contributed by atoms with Gasteiger partial charge in [-0.1, -0.05) is 25.1 Å². The number of benzene rings is 1. The van der Waals surface area contributed by atoms with Gasteiger partial charge in [0.2, 0.25) is 0 Å². The largest absolute Gasteiger partial charge is 0.469 e. The van der Waals surface area contributed by atoms with E-state index in [1.165, 1.54) is 14.2 Å². The molecule has 0 unspecified atom stereocenters. The summed E-state index contributed by atoms with van der Waals surface area (Å²) < 4.78 is 11.4. The predicted molar refractivity (Wildman–Crippen MR) is 79.3 cm³/mol. The van der Waals surface area contributed by atoms with Gasteiger partial charge in [-0.05, 0) is 18.1 Å². The van der Waals surface area contributed by atoms with E-state index >= 15 is 0 Å². The summed E-state index contributed by atoms with van der Waals surface area (Å²) in [5.41, 5.74) is 2.39. The van der Waals surface area contributed by atoms with Crippen LogP contribution in [0.3, 0.4) is 0 Å². The second kappa shape index (κ2) is 6.43. The van der Waals surface area contributed by atoms with E-state index in [2.05, 4.69) is 4.74 Å². The predicted octanol–water partition coefficient (Wildman–Crippen LogP) is 2.55. The SMILES string of the molecule is CCc1c(C(=O)OC)n(CCC(=O)OC)c2ccccc12. The number of aromatic nitrogens is 1. The fourth-order valence-corrected chi connectivity index (χ4v) is 2.60. The minimum atomic E-state index is -0.382. The van der Waals surface area contributed by atoms with Crippen LogP contribution in [0.15, 0.2) is 24.3 Å². The third-order valence-electron chi connectivity index (χ3n) is 3.58. The Morgan fingerprint density at radius 1 is 1.14 bits per heavy atom. The number of esters is 2. The lowest BCUT2D eigenvalue weighted by Gasteiger charge is -2.09. The molecule has 1 heterocycles. The Bertz CT molecular complexity index is 672. The molecule has 0 amide bonds. The van der Waals surface area contributed by atoms with Gasteiger partial charge in [0.25, 0.3) is 0 Å². The number of methoxy groups -OCH3 is 2. The van der Waals surface area contributed by atoms with Crippen molar-refractivity contribution >= 4 is 22.8 Å². The maximum absolute atomic E-state index is 12.1. The molecule has 0 aliphatic rings. The number of aryl methyl sites for hydroxylation is 2. The van der Waals surface area contributed by atoms with Crippen LogP contribution in [0.4, 0.5) is 0 Å². The van der Waals surface area contributed by atoms with Crippen molar-refractivity contribution in [2.45, 2.75) is 26.3 Å². The van der Waals surface area contributed by atoms with Crippen molar-refractivity contribution in [3.05, 3.63) is 35.5 Å². The normalized spacial score (nSPS) is 10.6. The van der Waals surface area contributed by atoms with Gasteiger partial charge in [-0.25, -0.2) is 4.79 Å². The fourth-order valence-electron chi connectivity index (χ4n) is 2.60. The smallest absolute Gasteiger partial charge is 0.354 e. The molecule has 0 saturated heterocycles. The average Bonchev–Trinajstić information content (AvgIpc) is 2.85. The molecular weight excluding hydrogens is 270 g/mol. The molecule has 0 spiro atoms. The first kappa shape index (κ1) is 15.1. The van der Waals surface area contributed by atoms with Crippen molar-refractivity contribution < 1.29 is 19.1 Å². The maximum atomic E-state index is 12.1. The number of rotatable bonds is 5. The average molecular weight is 289 g/mol. The van der Waals surface area contributed by atoms with E-state index < -0.39 is 0 Å². The number of fused-ring (bicyclic) bond motifs is 1. The molecule has 0 aliphatic carbocycles. The number of carbonyl (C=O) groups is 2. The molecule has 0 saturated carbocycles. The van der Waals surface area contributed by atoms with Crippen molar-refractivity contribution in [2.75, 3.05) is 14.2 Å². The number of hydrogen-bond donors (Lipinski definition) is 0. The summed E-state index contributed by atoms with van der Waals surface area (Å²) in [5.74, 6) is -0.686. The molecular formula is C16H19NO4. The Hall–Kier alpha value is -2.30. The molecule has 0 N–H and O–H groups in total. The highest BCUT2D eigenvalue weighted by molar-refractivity contribution is 5.99. The van der Waals surface area contributed by atoms with E-state index in [0.717, 1.165) is 22.9 Å². The topological polar surface area (TPSA) is 57.5 Å². The summed E-state index contributed by atoms with van der Waals surface area (Å²) in [4.78, 5) is 23.5. The van der Waals surface area contributed by atoms with E-state index in [1.807, 2.05) is 35.8 Å². The van der Waals surface area contributed by atoms with E-state index in [4.69, 9.17) is 4.74 Å². The van der Waals surface area contributed by atoms with Gasteiger partial charge in [-0.2, -0.15) is 0 Å². The van der Waals surface area contributed by atoms with Crippen LogP contribution in [0.5, 0.6) is 0 Å². The van der Waals surface area contributed by atoms with Crippen LogP contribution in [0.2, 0.25) is 0 Å². The van der Waals surface area contributed by atoms with Gasteiger partial charge >= 0.3 is 11.9 Å². The molecule has 2 aromatic rings. The van der Waals surface area contributed by atoms with Gasteiger partial charge in [-0.3, -0.25) is 4.79 Å². The zero-order valence-electron chi connectivity index (χ0n) is 12.5. The zero-order valence-corrected chi connectivity index (χ0v) is 12.5. The number of para-hydroxylation sites is 1. The van der Waals surface area contributed by atoms with Gasteiger partial charge in [0.15, 0.2) is 0 Å². The Balaban J connectivity index is 2.59. The highest BCUT2D eigenvalue weighted by Crippen LogP contribution is 2.27. The van der Waals surface area contributed by atoms with Crippen molar-refractivity contribution in [2.24, 2.45) is 0 Å². The molecule has 0 fully saturated rings. The third kappa shape index (κ3) is 2.77. The maximum Gasteiger partial charge on any atom is 0.354 e. The molecule has 1 aromatic heterocycles. The minimum Gasteiger partial charge on any atom is -0.469 e. The van der Waals surface area contributed by atoms with Crippen LogP contribution in [0, 0.1) is 0 Å². The zero-order chi connectivity index (χ0) is 15.4. The van der Waals surface area contributed by atoms with Crippen LogP contribution < -0.4 is 0 Å². The Morgan fingerprint density at radius 3 is 2.48 bits per heavy atom. The van der Waals surface area contributed by atoms with Gasteiger partial charge < -0.3 is 14.0 Å². The lowest BCUT2D eigenvalue weighted by Crippen LogP contribution is -2.15. The molecule has 0 aliphatic heterocycles. The number of ether oxygens (including phenoxy) is 2. The first-order valence-corrected chi connectivity index (χ1v) is 6.89. The van der Waals surface area contributed by atoms with Gasteiger partial charge in [0, 0.05) is 17.4 Å². The molecule has 0 atom stereocenters. The molecule has 112 valence electrons. The van der Waals surface area contributed by atoms with Crippen molar-refractivity contribution in [3.63, 3.8) is 0 Å². The van der Waals surface area contributed by atoms with Gasteiger partial charge in [0.1, 0.15) is 5.69 Å². The lowest BCUT2D eigenvalue weighted by molar-refractivity contribution is -0.140. The highest BCUT2D eigenvalue weighted by Gasteiger charge is 2.22. The van der Waals surface area contributed by atoms with Crippen LogP contribution in [-0.4, -0.2) is 30.7 Å². The summed E-state index contributed by atoms with van der Waals surface area (Å²) in [6, 6.07) is 7.78. The quantitative estimate of drug-likeness (QED) is 0.794. The Labute approximate surface area is 123 Å². The summed E-state index contributed by atoms with van der Waals surface area (Å²) in [6.07, 6.45) is 0.929. The summed E-state index contributed by atoms with van der Waals surface area (Å²) >= 11 is 0. The van der Waals surface area contributed by atoms with Crippen molar-refractivity contribution in [1.82, 2.24) is 4.57 Å². The fraction of sp³-hybridized carbons (Fsp3) is 0.375. The molecule has 21 heavy (non-hydrogen) atoms. The number of nitrogens with zero attached hydrogens (tertiary/aromatic N) is 1. The monoisotopic (exact) mass is 289 g/mol. The van der Waals surface area contributed by atoms with E-state index in [-0.39, 0.29) is 18.4 Å². The van der Waals surface area contributed by atoms with Crippen LogP contribution in [0.25, 0.3) is 10.9 Å². The van der Waals surface area contributed by atoms with Crippen LogP contribution in [0.1, 0.15) is 29.4 Å². The summed E-state index contributed by atoms with van der Waals surface area (Å²) in [7, 11) is 2.72. The standard InChI is InChI=1S/C16H19NO4/c1-4-11-12-7-5-6-8-13(12)17(10-9-14(18)20-2)15(11)16(19)21-3/h5-8H,4,9-10H2,1-3H3. The summed E-state index contributed by atoms with van der Waals surface area (Å²) in [6.45, 7) is 2.39. The van der Waals surface area contributed by atoms with E-state index in [0.29, 0.717) is 12.2 Å². The van der Waals surface area contributed by atoms with Crippen LogP contribution >= 0.6 is 0 Å². The van der Waals surface area contributed by atoms with Crippen molar-refractivity contribution in [3.8, 4) is 0 Å². The Morgan fingerprint density at radius 2 is 1.86 bits per heavy atom. The van der Waals surface area contributed by atoms with Crippen LogP contribution in [-0.2, 0) is 27.2 Å². The Kier molecular flexibility index (Phi) is 4.62. The molecule has 0 radical (unpaired) electrons. The second-order valence-corrected chi connectivity index (χ2v) is 4.67. The molecule has 1 aromatic carbocycles. The molecule has 0 bridgehead atoms. The van der Waals surface area contributed by atoms with E-state index in [1.54, 1.807) is 0 Å². The molecule has 2 rings (SSSR count). The van der Waals surface area contributed by atoms with Gasteiger partial charge in [-0.15, -0.1) is 0 Å². The van der Waals surface area contributed by atoms with Crippen molar-refractivity contribution in [1.29, 1.82) is 0 Å². The molecule has 5 nitrogen and oxygen atoms in total. The van der Waals surface area contributed by atoms with E-state index in [9.17, 15) is 9.59 Å². The number of carbonyl (C=O) groups excluding carboxylic acids is 2. The number of hydrogen-bond acceptors (Lipinski definition) is 4. The minimum absolute atomic E-state index is 0.211. The molecule has 5 heteroatoms. The first-order valence-electron chi connectivity index (χ1n) is 6.89.